The van der Waals surface area contributed by atoms with Gasteiger partial charge in [-0.2, -0.15) is 0 Å². The van der Waals surface area contributed by atoms with E-state index in [1.165, 1.54) is 11.8 Å². The maximum absolute atomic E-state index is 12.2. The summed E-state index contributed by atoms with van der Waals surface area (Å²) in [6.45, 7) is 3.66. The molecule has 0 radical (unpaired) electrons. The van der Waals surface area contributed by atoms with Crippen molar-refractivity contribution in [3.63, 3.8) is 0 Å². The predicted molar refractivity (Wildman–Crippen MR) is 90.6 cm³/mol. The van der Waals surface area contributed by atoms with Crippen LogP contribution in [0.2, 0.25) is 0 Å². The van der Waals surface area contributed by atoms with Gasteiger partial charge in [-0.3, -0.25) is 4.79 Å². The monoisotopic (exact) mass is 384 g/mol. The van der Waals surface area contributed by atoms with E-state index in [9.17, 15) is 19.8 Å². The summed E-state index contributed by atoms with van der Waals surface area (Å²) in [4.78, 5) is 27.3. The molecule has 2 aliphatic rings. The molecule has 4 atom stereocenters. The van der Waals surface area contributed by atoms with Crippen molar-refractivity contribution in [1.29, 1.82) is 0 Å². The van der Waals surface area contributed by atoms with Crippen LogP contribution in [0.1, 0.15) is 15.3 Å². The number of β-lactam (4-membered cyclic amide) rings is 1. The third kappa shape index (κ3) is 3.67. The summed E-state index contributed by atoms with van der Waals surface area (Å²) >= 11 is 6.41. The van der Waals surface area contributed by atoms with Crippen molar-refractivity contribution < 1.29 is 55.9 Å². The number of fused-ring (bicyclic) bond motifs is 1. The molecule has 130 valence electrons. The van der Waals surface area contributed by atoms with Crippen LogP contribution in [0.4, 0.5) is 0 Å². The molecule has 24 heavy (non-hydrogen) atoms. The Morgan fingerprint density at radius 1 is 1.54 bits per heavy atom. The number of hydrogen-bond acceptors (Lipinski definition) is 6. The van der Waals surface area contributed by atoms with Crippen molar-refractivity contribution in [3.8, 4) is 0 Å². The minimum atomic E-state index is -1.17. The number of aliphatic hydroxyl groups excluding tert-OH is 2. The average molecular weight is 384 g/mol. The molecule has 0 unspecified atom stereocenters. The smallest absolute Gasteiger partial charge is 1.00 e. The third-order valence-electron chi connectivity index (χ3n) is 4.26. The molecule has 0 aromatic carbocycles. The Labute approximate surface area is 173 Å². The fourth-order valence-electron chi connectivity index (χ4n) is 3.07. The molecule has 2 heterocycles. The van der Waals surface area contributed by atoms with Crippen molar-refractivity contribution in [2.24, 2.45) is 11.8 Å². The molecule has 0 aromatic heterocycles. The number of hydrogen-bond donors (Lipinski definition) is 3. The van der Waals surface area contributed by atoms with Crippen LogP contribution in [-0.4, -0.2) is 73.7 Å². The minimum absolute atomic E-state index is 0. The molecule has 3 N–H and O–H groups in total. The number of thioether (sulfide) groups is 1. The largest absolute Gasteiger partial charge is 1.00 e. The molecule has 7 nitrogen and oxygen atoms in total. The van der Waals surface area contributed by atoms with Crippen LogP contribution < -0.4 is 29.6 Å². The first-order valence-corrected chi connectivity index (χ1v) is 8.47. The fraction of sp³-hybridized carbons (Fsp3) is 0.643. The van der Waals surface area contributed by atoms with Crippen molar-refractivity contribution >= 4 is 40.2 Å². The van der Waals surface area contributed by atoms with Crippen LogP contribution in [0.5, 0.6) is 0 Å². The molecule has 0 saturated carbocycles. The number of rotatable bonds is 5. The molecule has 1 saturated heterocycles. The summed E-state index contributed by atoms with van der Waals surface area (Å²) in [6, 6.07) is -0.345. The van der Waals surface area contributed by atoms with Gasteiger partial charge in [0, 0.05) is 24.4 Å². The van der Waals surface area contributed by atoms with Gasteiger partial charge in [0.15, 0.2) is 0 Å². The van der Waals surface area contributed by atoms with Gasteiger partial charge in [0.25, 0.3) is 0 Å². The number of nitrogens with zero attached hydrogens (tertiary/aromatic N) is 2. The van der Waals surface area contributed by atoms with E-state index in [0.29, 0.717) is 15.8 Å². The molecule has 1 amide bonds. The van der Waals surface area contributed by atoms with Crippen molar-refractivity contribution in [2.45, 2.75) is 26.0 Å². The standard InChI is InChI=1S/C14H20N2O5S2.Na.H/c1-6-9-8(7(2)18)12(19)16(9)10(13(20)21)11(6)23-14(22)15(3)4-5-17;;/h6-9,17-18H,4-5H2,1-3H3,(H,20,21);;/q;+1;-1/t6-,7-,8-,9-;;/m1../s1. The zero-order chi connectivity index (χ0) is 17.5. The van der Waals surface area contributed by atoms with Gasteiger partial charge in [0.2, 0.25) is 5.91 Å². The Kier molecular flexibility index (Phi) is 7.73. The molecular weight excluding hydrogens is 363 g/mol. The van der Waals surface area contributed by atoms with E-state index in [1.807, 2.05) is 6.92 Å². The summed E-state index contributed by atoms with van der Waals surface area (Å²) in [5.41, 5.74) is -0.0471. The normalized spacial score (nSPS) is 26.5. The number of carboxylic acid groups (broad SMARTS) is 1. The SMILES string of the molecule is C[C@@H](O)[C@H]1C(=O)N2C(C(=O)O)=C(SC(=S)N(C)CCO)[C@H](C)[C@H]12.[H-].[Na+]. The average Bonchev–Trinajstić information content (AvgIpc) is 2.69. The zero-order valence-corrected chi connectivity index (χ0v) is 17.7. The summed E-state index contributed by atoms with van der Waals surface area (Å²) in [5, 5.41) is 28.2. The fourth-order valence-corrected chi connectivity index (χ4v) is 4.47. The molecule has 10 heteroatoms. The second-order valence-electron chi connectivity index (χ2n) is 5.79. The van der Waals surface area contributed by atoms with Gasteiger partial charge in [0.05, 0.1) is 24.7 Å². The topological polar surface area (TPSA) is 101 Å². The van der Waals surface area contributed by atoms with Gasteiger partial charge in [-0.15, -0.1) is 0 Å². The number of likely N-dealkylation sites (N-methyl/N-ethyl adjacent to an activating group) is 1. The molecular formula is C14H21N2NaO5S2. The molecule has 0 aromatic rings. The molecule has 1 fully saturated rings. The first-order chi connectivity index (χ1) is 10.7. The van der Waals surface area contributed by atoms with Crippen LogP contribution in [-0.2, 0) is 9.59 Å². The number of thiocarbonyl (C=S) groups is 1. The number of aliphatic carboxylic acids is 1. The van der Waals surface area contributed by atoms with Crippen molar-refractivity contribution in [1.82, 2.24) is 9.80 Å². The summed E-state index contributed by atoms with van der Waals surface area (Å²) < 4.78 is 0.434. The zero-order valence-electron chi connectivity index (χ0n) is 15.1. The van der Waals surface area contributed by atoms with Gasteiger partial charge >= 0.3 is 35.5 Å². The molecule has 2 aliphatic heterocycles. The molecule has 2 rings (SSSR count). The number of amides is 1. The Hall–Kier alpha value is -0.160. The van der Waals surface area contributed by atoms with Crippen molar-refractivity contribution in [2.75, 3.05) is 20.2 Å². The van der Waals surface area contributed by atoms with E-state index in [-0.39, 0.29) is 61.2 Å². The van der Waals surface area contributed by atoms with Gasteiger partial charge in [-0.25, -0.2) is 4.79 Å². The maximum atomic E-state index is 12.2. The van der Waals surface area contributed by atoms with Gasteiger partial charge in [-0.1, -0.05) is 30.9 Å². The van der Waals surface area contributed by atoms with Gasteiger partial charge in [0.1, 0.15) is 10.0 Å². The van der Waals surface area contributed by atoms with Crippen molar-refractivity contribution in [3.05, 3.63) is 10.6 Å². The van der Waals surface area contributed by atoms with Crippen LogP contribution in [0.3, 0.4) is 0 Å². The molecule has 0 spiro atoms. The third-order valence-corrected chi connectivity index (χ3v) is 6.09. The minimum Gasteiger partial charge on any atom is -1.00 e. The Balaban J connectivity index is 0.00000288. The Bertz CT molecular complexity index is 590. The first-order valence-electron chi connectivity index (χ1n) is 7.24. The van der Waals surface area contributed by atoms with E-state index >= 15 is 0 Å². The van der Waals surface area contributed by atoms with Gasteiger partial charge in [-0.05, 0) is 6.92 Å². The Morgan fingerprint density at radius 2 is 2.12 bits per heavy atom. The second kappa shape index (κ2) is 8.48. The van der Waals surface area contributed by atoms with Crippen LogP contribution >= 0.6 is 24.0 Å². The summed E-state index contributed by atoms with van der Waals surface area (Å²) in [6.07, 6.45) is -0.824. The van der Waals surface area contributed by atoms with E-state index in [0.717, 1.165) is 11.8 Å². The van der Waals surface area contributed by atoms with E-state index in [2.05, 4.69) is 0 Å². The summed E-state index contributed by atoms with van der Waals surface area (Å²) in [5.74, 6) is -2.34. The maximum Gasteiger partial charge on any atom is 1.00 e. The molecule has 0 bridgehead atoms. The number of carboxylic acids is 1. The summed E-state index contributed by atoms with van der Waals surface area (Å²) in [7, 11) is 1.71. The molecule has 0 aliphatic carbocycles. The van der Waals surface area contributed by atoms with Crippen LogP contribution in [0.25, 0.3) is 0 Å². The quantitative estimate of drug-likeness (QED) is 0.266. The predicted octanol–water partition coefficient (Wildman–Crippen LogP) is -2.80. The van der Waals surface area contributed by atoms with E-state index < -0.39 is 18.0 Å². The van der Waals surface area contributed by atoms with E-state index in [1.54, 1.807) is 11.9 Å². The second-order valence-corrected chi connectivity index (χ2v) is 7.46. The first kappa shape index (κ1) is 21.9. The number of carbonyl (C=O) groups excluding carboxylic acids is 1. The number of aliphatic hydroxyl groups is 2. The Morgan fingerprint density at radius 3 is 2.58 bits per heavy atom. The van der Waals surface area contributed by atoms with E-state index in [4.69, 9.17) is 17.3 Å². The van der Waals surface area contributed by atoms with Crippen LogP contribution in [0.15, 0.2) is 10.6 Å². The van der Waals surface area contributed by atoms with Crippen LogP contribution in [0, 0.1) is 11.8 Å². The number of carbonyl (C=O) groups is 2. The van der Waals surface area contributed by atoms with Gasteiger partial charge < -0.3 is 26.5 Å².